The molecular formula is C17H19NO3. The van der Waals surface area contributed by atoms with Crippen LogP contribution in [0.2, 0.25) is 0 Å². The number of methoxy groups -OCH3 is 1. The molecule has 2 N–H and O–H groups in total. The summed E-state index contributed by atoms with van der Waals surface area (Å²) in [5.41, 5.74) is 2.66. The van der Waals surface area contributed by atoms with Gasteiger partial charge < -0.3 is 15.2 Å². The van der Waals surface area contributed by atoms with Crippen molar-refractivity contribution in [2.45, 2.75) is 13.0 Å². The predicted octanol–water partition coefficient (Wildman–Crippen LogP) is 2.51. The summed E-state index contributed by atoms with van der Waals surface area (Å²) in [6, 6.07) is 14.4. The molecule has 4 nitrogen and oxygen atoms in total. The highest BCUT2D eigenvalue weighted by Gasteiger charge is 2.05. The quantitative estimate of drug-likeness (QED) is 0.857. The summed E-state index contributed by atoms with van der Waals surface area (Å²) in [6.45, 7) is 1.07. The Hall–Kier alpha value is -2.33. The van der Waals surface area contributed by atoms with E-state index in [9.17, 15) is 9.90 Å². The molecule has 0 aliphatic heterocycles. The zero-order valence-electron chi connectivity index (χ0n) is 12.0. The fraction of sp³-hybridized carbons (Fsp3) is 0.235. The van der Waals surface area contributed by atoms with Crippen LogP contribution < -0.4 is 5.32 Å². The van der Waals surface area contributed by atoms with Gasteiger partial charge in [-0.2, -0.15) is 0 Å². The van der Waals surface area contributed by atoms with Gasteiger partial charge >= 0.3 is 0 Å². The third-order valence-electron chi connectivity index (χ3n) is 3.14. The molecule has 0 aliphatic rings. The second-order valence-corrected chi connectivity index (χ2v) is 4.81. The van der Waals surface area contributed by atoms with Crippen molar-refractivity contribution in [1.82, 2.24) is 5.32 Å². The third-order valence-corrected chi connectivity index (χ3v) is 3.14. The van der Waals surface area contributed by atoms with E-state index in [1.54, 1.807) is 37.4 Å². The van der Waals surface area contributed by atoms with Crippen molar-refractivity contribution in [3.8, 4) is 5.75 Å². The molecule has 0 bridgehead atoms. The van der Waals surface area contributed by atoms with E-state index < -0.39 is 0 Å². The second kappa shape index (κ2) is 7.45. The molecule has 0 heterocycles. The number of nitrogens with one attached hydrogen (secondary N) is 1. The first-order valence-electron chi connectivity index (χ1n) is 6.83. The van der Waals surface area contributed by atoms with Crippen LogP contribution in [0, 0.1) is 0 Å². The lowest BCUT2D eigenvalue weighted by Gasteiger charge is -2.06. The van der Waals surface area contributed by atoms with Crippen molar-refractivity contribution in [1.29, 1.82) is 0 Å². The van der Waals surface area contributed by atoms with Crippen LogP contribution in [0.4, 0.5) is 0 Å². The number of amides is 1. The molecule has 0 radical (unpaired) electrons. The Morgan fingerprint density at radius 2 is 1.90 bits per heavy atom. The molecule has 0 atom stereocenters. The average Bonchev–Trinajstić information content (AvgIpc) is 2.48. The molecule has 0 aromatic heterocycles. The van der Waals surface area contributed by atoms with Crippen molar-refractivity contribution in [3.05, 3.63) is 65.2 Å². The summed E-state index contributed by atoms with van der Waals surface area (Å²) in [7, 11) is 1.64. The number of phenols is 1. The molecule has 110 valence electrons. The first kappa shape index (κ1) is 15.1. The fourth-order valence-corrected chi connectivity index (χ4v) is 2.05. The Labute approximate surface area is 124 Å². The van der Waals surface area contributed by atoms with Gasteiger partial charge in [0.1, 0.15) is 5.75 Å². The Morgan fingerprint density at radius 3 is 2.57 bits per heavy atom. The summed E-state index contributed by atoms with van der Waals surface area (Å²) in [5, 5.41) is 12.2. The lowest BCUT2D eigenvalue weighted by atomic mass is 10.1. The van der Waals surface area contributed by atoms with Gasteiger partial charge in [-0.1, -0.05) is 24.3 Å². The molecule has 2 aromatic rings. The van der Waals surface area contributed by atoms with Crippen molar-refractivity contribution < 1.29 is 14.6 Å². The number of phenolic OH excluding ortho intramolecular Hbond substituents is 1. The van der Waals surface area contributed by atoms with Crippen molar-refractivity contribution in [2.24, 2.45) is 0 Å². The van der Waals surface area contributed by atoms with Crippen molar-refractivity contribution >= 4 is 5.91 Å². The van der Waals surface area contributed by atoms with E-state index in [0.29, 0.717) is 25.1 Å². The number of carbonyl (C=O) groups excluding carboxylic acids is 1. The lowest BCUT2D eigenvalue weighted by Crippen LogP contribution is -2.25. The maximum atomic E-state index is 12.0. The first-order chi connectivity index (χ1) is 10.2. The van der Waals surface area contributed by atoms with Gasteiger partial charge in [0.05, 0.1) is 6.61 Å². The Bertz CT molecular complexity index is 593. The molecule has 0 aliphatic carbocycles. The molecule has 4 heteroatoms. The summed E-state index contributed by atoms with van der Waals surface area (Å²) >= 11 is 0. The summed E-state index contributed by atoms with van der Waals surface area (Å²) in [4.78, 5) is 12.0. The largest absolute Gasteiger partial charge is 0.508 e. The summed E-state index contributed by atoms with van der Waals surface area (Å²) in [6.07, 6.45) is 0.682. The second-order valence-electron chi connectivity index (χ2n) is 4.81. The summed E-state index contributed by atoms with van der Waals surface area (Å²) in [5.74, 6) is 0.145. The Morgan fingerprint density at radius 1 is 1.14 bits per heavy atom. The first-order valence-corrected chi connectivity index (χ1v) is 6.83. The molecule has 2 rings (SSSR count). The van der Waals surface area contributed by atoms with Gasteiger partial charge in [-0.3, -0.25) is 4.79 Å². The number of aromatic hydroxyl groups is 1. The van der Waals surface area contributed by atoms with E-state index >= 15 is 0 Å². The van der Waals surface area contributed by atoms with Crippen LogP contribution in [-0.4, -0.2) is 24.7 Å². The van der Waals surface area contributed by atoms with Crippen molar-refractivity contribution in [2.75, 3.05) is 13.7 Å². The van der Waals surface area contributed by atoms with Crippen LogP contribution >= 0.6 is 0 Å². The number of benzene rings is 2. The van der Waals surface area contributed by atoms with Gasteiger partial charge in [0.2, 0.25) is 0 Å². The topological polar surface area (TPSA) is 58.6 Å². The molecule has 0 saturated carbocycles. The molecule has 21 heavy (non-hydrogen) atoms. The van der Waals surface area contributed by atoms with Gasteiger partial charge in [0.25, 0.3) is 5.91 Å². The third kappa shape index (κ3) is 4.61. The molecule has 1 amide bonds. The van der Waals surface area contributed by atoms with Crippen LogP contribution in [0.25, 0.3) is 0 Å². The zero-order valence-corrected chi connectivity index (χ0v) is 12.0. The van der Waals surface area contributed by atoms with Crippen molar-refractivity contribution in [3.63, 3.8) is 0 Å². The van der Waals surface area contributed by atoms with Crippen LogP contribution in [0.3, 0.4) is 0 Å². The molecule has 0 spiro atoms. The number of ether oxygens (including phenoxy) is 1. The zero-order chi connectivity index (χ0) is 15.1. The minimum Gasteiger partial charge on any atom is -0.508 e. The predicted molar refractivity (Wildman–Crippen MR) is 81.3 cm³/mol. The summed E-state index contributed by atoms with van der Waals surface area (Å²) < 4.78 is 5.03. The monoisotopic (exact) mass is 285 g/mol. The molecule has 0 saturated heterocycles. The maximum Gasteiger partial charge on any atom is 0.251 e. The van der Waals surface area contributed by atoms with Crippen LogP contribution in [-0.2, 0) is 17.8 Å². The van der Waals surface area contributed by atoms with E-state index in [-0.39, 0.29) is 11.7 Å². The highest BCUT2D eigenvalue weighted by Crippen LogP contribution is 2.11. The standard InChI is InChI=1S/C17H19NO3/c1-21-12-14-5-7-15(8-6-14)17(20)18-10-9-13-3-2-4-16(19)11-13/h2-8,11,19H,9-10,12H2,1H3,(H,18,20). The highest BCUT2D eigenvalue weighted by atomic mass is 16.5. The number of carbonyl (C=O) groups is 1. The average molecular weight is 285 g/mol. The van der Waals surface area contributed by atoms with E-state index in [1.165, 1.54) is 0 Å². The minimum atomic E-state index is -0.0980. The highest BCUT2D eigenvalue weighted by molar-refractivity contribution is 5.94. The van der Waals surface area contributed by atoms with E-state index in [1.807, 2.05) is 18.2 Å². The maximum absolute atomic E-state index is 12.0. The minimum absolute atomic E-state index is 0.0980. The normalized spacial score (nSPS) is 10.3. The van der Waals surface area contributed by atoms with Gasteiger partial charge in [-0.15, -0.1) is 0 Å². The van der Waals surface area contributed by atoms with Gasteiger partial charge in [0, 0.05) is 19.2 Å². The number of hydrogen-bond donors (Lipinski definition) is 2. The van der Waals surface area contributed by atoms with Crippen LogP contribution in [0.5, 0.6) is 5.75 Å². The van der Waals surface area contributed by atoms with E-state index in [0.717, 1.165) is 11.1 Å². The molecule has 0 fully saturated rings. The Balaban J connectivity index is 1.84. The SMILES string of the molecule is COCc1ccc(C(=O)NCCc2cccc(O)c2)cc1. The lowest BCUT2D eigenvalue weighted by molar-refractivity contribution is 0.0954. The van der Waals surface area contributed by atoms with E-state index in [4.69, 9.17) is 4.74 Å². The van der Waals surface area contributed by atoms with Gasteiger partial charge in [-0.05, 0) is 41.8 Å². The fourth-order valence-electron chi connectivity index (χ4n) is 2.05. The molecular weight excluding hydrogens is 266 g/mol. The number of hydrogen-bond acceptors (Lipinski definition) is 3. The molecule has 0 unspecified atom stereocenters. The van der Waals surface area contributed by atoms with E-state index in [2.05, 4.69) is 5.32 Å². The smallest absolute Gasteiger partial charge is 0.251 e. The Kier molecular flexibility index (Phi) is 5.35. The van der Waals surface area contributed by atoms with Crippen LogP contribution in [0.15, 0.2) is 48.5 Å². The van der Waals surface area contributed by atoms with Gasteiger partial charge in [-0.25, -0.2) is 0 Å². The molecule has 2 aromatic carbocycles. The van der Waals surface area contributed by atoms with Gasteiger partial charge in [0.15, 0.2) is 0 Å². The number of rotatable bonds is 6. The van der Waals surface area contributed by atoms with Crippen LogP contribution in [0.1, 0.15) is 21.5 Å².